The molecule has 3 atom stereocenters. The number of hydrogen-bond donors (Lipinski definition) is 2. The molecule has 0 saturated heterocycles. The molecule has 0 fully saturated rings. The van der Waals surface area contributed by atoms with Crippen LogP contribution >= 0.6 is 0 Å². The highest BCUT2D eigenvalue weighted by Crippen LogP contribution is 2.38. The lowest BCUT2D eigenvalue weighted by Gasteiger charge is -2.40. The standard InChI is InChI=1S/C20H21N5O2/c1-13(26)23-18-17(14-8-10-16(27-2)11-9-14)24-20-21-12-22-25(20)19(18)15-6-4-3-5-7-15/h3-12,17-19H,1-2H3,(H,23,26)(H,21,22,24). The van der Waals surface area contributed by atoms with Crippen LogP contribution in [0, 0.1) is 0 Å². The van der Waals surface area contributed by atoms with Crippen molar-refractivity contribution in [2.45, 2.75) is 25.0 Å². The first kappa shape index (κ1) is 17.1. The third-order valence-corrected chi connectivity index (χ3v) is 4.81. The van der Waals surface area contributed by atoms with E-state index in [1.54, 1.807) is 7.11 Å². The van der Waals surface area contributed by atoms with E-state index >= 15 is 0 Å². The van der Waals surface area contributed by atoms with E-state index in [2.05, 4.69) is 20.7 Å². The lowest BCUT2D eigenvalue weighted by Crippen LogP contribution is -2.50. The van der Waals surface area contributed by atoms with E-state index in [-0.39, 0.29) is 24.0 Å². The van der Waals surface area contributed by atoms with Gasteiger partial charge in [-0.25, -0.2) is 4.68 Å². The summed E-state index contributed by atoms with van der Waals surface area (Å²) in [6.45, 7) is 1.53. The van der Waals surface area contributed by atoms with Gasteiger partial charge in [0.25, 0.3) is 0 Å². The molecular formula is C20H21N5O2. The molecule has 2 aromatic carbocycles. The van der Waals surface area contributed by atoms with Gasteiger partial charge in [-0.05, 0) is 23.3 Å². The monoisotopic (exact) mass is 363 g/mol. The molecule has 3 unspecified atom stereocenters. The Labute approximate surface area is 157 Å². The van der Waals surface area contributed by atoms with Crippen molar-refractivity contribution in [3.8, 4) is 5.75 Å². The molecule has 1 amide bonds. The number of nitrogens with one attached hydrogen (secondary N) is 2. The van der Waals surface area contributed by atoms with Crippen LogP contribution in [-0.2, 0) is 4.79 Å². The summed E-state index contributed by atoms with van der Waals surface area (Å²) in [6.07, 6.45) is 1.53. The minimum Gasteiger partial charge on any atom is -0.497 e. The fourth-order valence-electron chi connectivity index (χ4n) is 3.62. The van der Waals surface area contributed by atoms with Crippen molar-refractivity contribution in [2.75, 3.05) is 12.4 Å². The molecule has 3 aromatic rings. The van der Waals surface area contributed by atoms with E-state index in [0.717, 1.165) is 16.9 Å². The second-order valence-corrected chi connectivity index (χ2v) is 6.51. The molecular weight excluding hydrogens is 342 g/mol. The predicted octanol–water partition coefficient (Wildman–Crippen LogP) is 2.55. The Morgan fingerprint density at radius 1 is 1.11 bits per heavy atom. The van der Waals surface area contributed by atoms with Gasteiger partial charge in [0.15, 0.2) is 0 Å². The van der Waals surface area contributed by atoms with E-state index in [1.807, 2.05) is 59.3 Å². The van der Waals surface area contributed by atoms with Crippen molar-refractivity contribution in [2.24, 2.45) is 0 Å². The van der Waals surface area contributed by atoms with Gasteiger partial charge < -0.3 is 15.4 Å². The molecule has 27 heavy (non-hydrogen) atoms. The van der Waals surface area contributed by atoms with Gasteiger partial charge in [-0.2, -0.15) is 10.1 Å². The van der Waals surface area contributed by atoms with Crippen LogP contribution in [0.3, 0.4) is 0 Å². The molecule has 0 spiro atoms. The summed E-state index contributed by atoms with van der Waals surface area (Å²) in [5.74, 6) is 1.37. The number of carbonyl (C=O) groups is 1. The minimum atomic E-state index is -0.243. The third-order valence-electron chi connectivity index (χ3n) is 4.81. The zero-order valence-electron chi connectivity index (χ0n) is 15.2. The van der Waals surface area contributed by atoms with E-state index in [1.165, 1.54) is 13.3 Å². The van der Waals surface area contributed by atoms with Crippen LogP contribution in [0.1, 0.15) is 30.1 Å². The Hall–Kier alpha value is -3.35. The van der Waals surface area contributed by atoms with Gasteiger partial charge in [-0.15, -0.1) is 0 Å². The van der Waals surface area contributed by atoms with Crippen molar-refractivity contribution < 1.29 is 9.53 Å². The largest absolute Gasteiger partial charge is 0.497 e. The molecule has 138 valence electrons. The summed E-state index contributed by atoms with van der Waals surface area (Å²) in [6, 6.07) is 17.3. The number of carbonyl (C=O) groups excluding carboxylic acids is 1. The quantitative estimate of drug-likeness (QED) is 0.745. The van der Waals surface area contributed by atoms with E-state index < -0.39 is 0 Å². The number of hydrogen-bond acceptors (Lipinski definition) is 5. The Bertz CT molecular complexity index is 923. The van der Waals surface area contributed by atoms with Crippen LogP contribution in [-0.4, -0.2) is 33.8 Å². The number of benzene rings is 2. The molecule has 1 aromatic heterocycles. The van der Waals surface area contributed by atoms with Crippen molar-refractivity contribution in [3.05, 3.63) is 72.1 Å². The molecule has 7 heteroatoms. The minimum absolute atomic E-state index is 0.0928. The molecule has 1 aliphatic rings. The Morgan fingerprint density at radius 3 is 2.52 bits per heavy atom. The Morgan fingerprint density at radius 2 is 1.85 bits per heavy atom. The topological polar surface area (TPSA) is 81.1 Å². The number of rotatable bonds is 4. The summed E-state index contributed by atoms with van der Waals surface area (Å²) in [5, 5.41) is 10.9. The van der Waals surface area contributed by atoms with Gasteiger partial charge >= 0.3 is 0 Å². The molecule has 0 saturated carbocycles. The zero-order chi connectivity index (χ0) is 18.8. The Balaban J connectivity index is 1.82. The molecule has 2 N–H and O–H groups in total. The van der Waals surface area contributed by atoms with E-state index in [0.29, 0.717) is 5.95 Å². The van der Waals surface area contributed by atoms with Crippen LogP contribution < -0.4 is 15.4 Å². The fourth-order valence-corrected chi connectivity index (χ4v) is 3.62. The summed E-state index contributed by atoms with van der Waals surface area (Å²) in [7, 11) is 1.64. The first-order valence-electron chi connectivity index (χ1n) is 8.79. The highest BCUT2D eigenvalue weighted by Gasteiger charge is 2.40. The maximum absolute atomic E-state index is 12.0. The molecule has 0 radical (unpaired) electrons. The van der Waals surface area contributed by atoms with Crippen LogP contribution in [0.2, 0.25) is 0 Å². The normalized spacial score (nSPS) is 21.0. The molecule has 7 nitrogen and oxygen atoms in total. The lowest BCUT2D eigenvalue weighted by molar-refractivity contribution is -0.120. The maximum atomic E-state index is 12.0. The smallest absolute Gasteiger partial charge is 0.222 e. The first-order chi connectivity index (χ1) is 13.2. The number of methoxy groups -OCH3 is 1. The van der Waals surface area contributed by atoms with Crippen LogP contribution in [0.25, 0.3) is 0 Å². The molecule has 2 heterocycles. The summed E-state index contributed by atoms with van der Waals surface area (Å²) in [5.41, 5.74) is 2.09. The predicted molar refractivity (Wildman–Crippen MR) is 102 cm³/mol. The average Bonchev–Trinajstić information content (AvgIpc) is 3.16. The van der Waals surface area contributed by atoms with Gasteiger partial charge in [0.1, 0.15) is 18.1 Å². The van der Waals surface area contributed by atoms with Gasteiger partial charge in [0, 0.05) is 6.92 Å². The highest BCUT2D eigenvalue weighted by atomic mass is 16.5. The van der Waals surface area contributed by atoms with Crippen LogP contribution in [0.15, 0.2) is 60.9 Å². The SMILES string of the molecule is COc1ccc(C2Nc3ncnn3C(c3ccccc3)C2NC(C)=O)cc1. The van der Waals surface area contributed by atoms with E-state index in [4.69, 9.17) is 4.74 Å². The molecule has 4 rings (SSSR count). The van der Waals surface area contributed by atoms with Crippen molar-refractivity contribution in [1.82, 2.24) is 20.1 Å². The number of amides is 1. The van der Waals surface area contributed by atoms with Crippen LogP contribution in [0.5, 0.6) is 5.75 Å². The lowest BCUT2D eigenvalue weighted by atomic mass is 9.88. The molecule has 0 aliphatic carbocycles. The average molecular weight is 363 g/mol. The number of aromatic nitrogens is 3. The summed E-state index contributed by atoms with van der Waals surface area (Å²) in [4.78, 5) is 16.4. The number of anilines is 1. The number of ether oxygens (including phenoxy) is 1. The summed E-state index contributed by atoms with van der Waals surface area (Å²) < 4.78 is 7.09. The van der Waals surface area contributed by atoms with Gasteiger partial charge in [-0.3, -0.25) is 4.79 Å². The van der Waals surface area contributed by atoms with Gasteiger partial charge in [0.2, 0.25) is 11.9 Å². The molecule has 1 aliphatic heterocycles. The van der Waals surface area contributed by atoms with Gasteiger partial charge in [-0.1, -0.05) is 42.5 Å². The Kier molecular flexibility index (Phi) is 4.50. The molecule has 0 bridgehead atoms. The maximum Gasteiger partial charge on any atom is 0.222 e. The highest BCUT2D eigenvalue weighted by molar-refractivity contribution is 5.73. The zero-order valence-corrected chi connectivity index (χ0v) is 15.2. The van der Waals surface area contributed by atoms with Crippen molar-refractivity contribution in [3.63, 3.8) is 0 Å². The first-order valence-corrected chi connectivity index (χ1v) is 8.79. The van der Waals surface area contributed by atoms with Crippen molar-refractivity contribution >= 4 is 11.9 Å². The fraction of sp³-hybridized carbons (Fsp3) is 0.250. The summed E-state index contributed by atoms with van der Waals surface area (Å²) >= 11 is 0. The number of nitrogens with zero attached hydrogens (tertiary/aromatic N) is 3. The second-order valence-electron chi connectivity index (χ2n) is 6.51. The van der Waals surface area contributed by atoms with Crippen LogP contribution in [0.4, 0.5) is 5.95 Å². The third kappa shape index (κ3) is 3.23. The van der Waals surface area contributed by atoms with E-state index in [9.17, 15) is 4.79 Å². The van der Waals surface area contributed by atoms with Crippen molar-refractivity contribution in [1.29, 1.82) is 0 Å². The number of fused-ring (bicyclic) bond motifs is 1. The second kappa shape index (κ2) is 7.11. The van der Waals surface area contributed by atoms with Gasteiger partial charge in [0.05, 0.1) is 19.2 Å².